The summed E-state index contributed by atoms with van der Waals surface area (Å²) in [6.07, 6.45) is 3.23. The zero-order valence-electron chi connectivity index (χ0n) is 12.4. The van der Waals surface area contributed by atoms with Crippen LogP contribution >= 0.6 is 24.0 Å². The number of thioether (sulfide) groups is 1. The molecule has 0 saturated carbocycles. The number of amides is 1. The summed E-state index contributed by atoms with van der Waals surface area (Å²) in [4.78, 5) is 14.6. The van der Waals surface area contributed by atoms with Gasteiger partial charge in [0.05, 0.1) is 31.1 Å². The second-order valence-corrected chi connectivity index (χ2v) is 6.25. The normalized spacial score (nSPS) is 16.3. The van der Waals surface area contributed by atoms with Crippen LogP contribution in [0.4, 0.5) is 5.69 Å². The van der Waals surface area contributed by atoms with Crippen LogP contribution in [0.5, 0.6) is 11.5 Å². The maximum atomic E-state index is 12.7. The Hall–Kier alpha value is -2.25. The Morgan fingerprint density at radius 2 is 2.09 bits per heavy atom. The molecule has 3 rings (SSSR count). The number of hydrogen-bond acceptors (Lipinski definition) is 6. The van der Waals surface area contributed by atoms with Gasteiger partial charge in [0, 0.05) is 12.1 Å². The van der Waals surface area contributed by atoms with Gasteiger partial charge in [-0.15, -0.1) is 0 Å². The monoisotopic (exact) mass is 347 g/mol. The van der Waals surface area contributed by atoms with Crippen molar-refractivity contribution in [2.24, 2.45) is 0 Å². The maximum Gasteiger partial charge on any atom is 0.271 e. The van der Waals surface area contributed by atoms with E-state index in [0.29, 0.717) is 32.2 Å². The van der Waals surface area contributed by atoms with Gasteiger partial charge >= 0.3 is 0 Å². The third kappa shape index (κ3) is 2.97. The summed E-state index contributed by atoms with van der Waals surface area (Å²) in [5.74, 6) is 1.55. The van der Waals surface area contributed by atoms with Gasteiger partial charge in [0.15, 0.2) is 4.32 Å². The lowest BCUT2D eigenvalue weighted by atomic mass is 10.2. The zero-order valence-corrected chi connectivity index (χ0v) is 14.1. The van der Waals surface area contributed by atoms with Gasteiger partial charge in [0.1, 0.15) is 17.3 Å². The molecule has 5 nitrogen and oxygen atoms in total. The van der Waals surface area contributed by atoms with Gasteiger partial charge in [-0.25, -0.2) is 0 Å². The molecular formula is C16H13NO4S2. The Labute approximate surface area is 142 Å². The number of benzene rings is 1. The molecule has 0 N–H and O–H groups in total. The molecule has 0 radical (unpaired) electrons. The van der Waals surface area contributed by atoms with E-state index in [-0.39, 0.29) is 5.91 Å². The molecule has 23 heavy (non-hydrogen) atoms. The summed E-state index contributed by atoms with van der Waals surface area (Å²) in [6.45, 7) is 0. The summed E-state index contributed by atoms with van der Waals surface area (Å²) < 4.78 is 16.2. The molecule has 0 spiro atoms. The summed E-state index contributed by atoms with van der Waals surface area (Å²) in [5.41, 5.74) is 0.582. The second-order valence-electron chi connectivity index (χ2n) is 4.57. The van der Waals surface area contributed by atoms with Crippen LogP contribution in [0, 0.1) is 0 Å². The predicted octanol–water partition coefficient (Wildman–Crippen LogP) is 3.70. The SMILES string of the molecule is COc1ccc(N2C(=O)/C(=C\c3ccco3)SC2=S)c(OC)c1. The van der Waals surface area contributed by atoms with Gasteiger partial charge in [-0.05, 0) is 24.3 Å². The number of furan rings is 1. The highest BCUT2D eigenvalue weighted by molar-refractivity contribution is 8.27. The molecule has 1 aromatic carbocycles. The third-order valence-electron chi connectivity index (χ3n) is 3.24. The molecule has 118 valence electrons. The quantitative estimate of drug-likeness (QED) is 0.621. The lowest BCUT2D eigenvalue weighted by Gasteiger charge is -2.18. The number of carbonyl (C=O) groups is 1. The molecule has 2 heterocycles. The fourth-order valence-corrected chi connectivity index (χ4v) is 3.41. The van der Waals surface area contributed by atoms with Gasteiger partial charge in [0.2, 0.25) is 0 Å². The van der Waals surface area contributed by atoms with E-state index in [1.54, 1.807) is 49.8 Å². The molecule has 0 atom stereocenters. The topological polar surface area (TPSA) is 51.9 Å². The molecule has 0 aliphatic carbocycles. The summed E-state index contributed by atoms with van der Waals surface area (Å²) in [7, 11) is 3.11. The van der Waals surface area contributed by atoms with Crippen molar-refractivity contribution in [1.82, 2.24) is 0 Å². The summed E-state index contributed by atoms with van der Waals surface area (Å²) >= 11 is 6.58. The minimum absolute atomic E-state index is 0.208. The Morgan fingerprint density at radius 3 is 2.74 bits per heavy atom. The van der Waals surface area contributed by atoms with E-state index in [9.17, 15) is 4.79 Å². The largest absolute Gasteiger partial charge is 0.497 e. The Morgan fingerprint density at radius 1 is 1.26 bits per heavy atom. The Balaban J connectivity index is 1.98. The molecule has 1 aromatic heterocycles. The van der Waals surface area contributed by atoms with Crippen molar-refractivity contribution in [3.63, 3.8) is 0 Å². The van der Waals surface area contributed by atoms with Crippen LogP contribution in [0.3, 0.4) is 0 Å². The van der Waals surface area contributed by atoms with Gasteiger partial charge < -0.3 is 13.9 Å². The Kier molecular flexibility index (Phi) is 4.40. The van der Waals surface area contributed by atoms with Crippen molar-refractivity contribution >= 4 is 46.0 Å². The average Bonchev–Trinajstić information content (AvgIpc) is 3.16. The zero-order chi connectivity index (χ0) is 16.4. The van der Waals surface area contributed by atoms with E-state index >= 15 is 0 Å². The van der Waals surface area contributed by atoms with Crippen molar-refractivity contribution in [3.05, 3.63) is 47.3 Å². The van der Waals surface area contributed by atoms with E-state index < -0.39 is 0 Å². The lowest BCUT2D eigenvalue weighted by molar-refractivity contribution is -0.113. The number of anilines is 1. The fraction of sp³-hybridized carbons (Fsp3) is 0.125. The molecule has 0 bridgehead atoms. The highest BCUT2D eigenvalue weighted by Crippen LogP contribution is 2.41. The van der Waals surface area contributed by atoms with Crippen molar-refractivity contribution in [2.45, 2.75) is 0 Å². The van der Waals surface area contributed by atoms with Crippen molar-refractivity contribution in [3.8, 4) is 11.5 Å². The highest BCUT2D eigenvalue weighted by Gasteiger charge is 2.35. The maximum absolute atomic E-state index is 12.7. The number of rotatable bonds is 4. The third-order valence-corrected chi connectivity index (χ3v) is 4.54. The first-order chi connectivity index (χ1) is 11.1. The minimum atomic E-state index is -0.208. The number of methoxy groups -OCH3 is 2. The predicted molar refractivity (Wildman–Crippen MR) is 93.9 cm³/mol. The first-order valence-corrected chi connectivity index (χ1v) is 7.90. The van der Waals surface area contributed by atoms with E-state index in [4.69, 9.17) is 26.1 Å². The lowest BCUT2D eigenvalue weighted by Crippen LogP contribution is -2.27. The molecule has 1 saturated heterocycles. The van der Waals surface area contributed by atoms with Crippen LogP contribution in [0.2, 0.25) is 0 Å². The molecule has 1 aliphatic rings. The first kappa shape index (κ1) is 15.6. The first-order valence-electron chi connectivity index (χ1n) is 6.67. The Bertz CT molecular complexity index is 783. The van der Waals surface area contributed by atoms with Gasteiger partial charge in [-0.2, -0.15) is 0 Å². The number of thiocarbonyl (C=S) groups is 1. The summed E-state index contributed by atoms with van der Waals surface area (Å²) in [5, 5.41) is 0. The average molecular weight is 347 g/mol. The molecule has 2 aromatic rings. The van der Waals surface area contributed by atoms with Crippen LogP contribution in [-0.2, 0) is 4.79 Å². The van der Waals surface area contributed by atoms with E-state index in [1.165, 1.54) is 23.8 Å². The molecule has 1 fully saturated rings. The van der Waals surface area contributed by atoms with Gasteiger partial charge in [-0.3, -0.25) is 9.69 Å². The van der Waals surface area contributed by atoms with Crippen LogP contribution in [-0.4, -0.2) is 24.4 Å². The van der Waals surface area contributed by atoms with Crippen LogP contribution in [0.15, 0.2) is 45.9 Å². The van der Waals surface area contributed by atoms with Crippen LogP contribution in [0.1, 0.15) is 5.76 Å². The molecule has 1 amide bonds. The summed E-state index contributed by atoms with van der Waals surface area (Å²) in [6, 6.07) is 8.76. The number of carbonyl (C=O) groups excluding carboxylic acids is 1. The van der Waals surface area contributed by atoms with E-state index in [1.807, 2.05) is 0 Å². The molecule has 7 heteroatoms. The van der Waals surface area contributed by atoms with Crippen molar-refractivity contribution < 1.29 is 18.7 Å². The standard InChI is InChI=1S/C16H13NO4S2/c1-19-10-5-6-12(13(8-10)20-2)17-15(18)14(23-16(17)22)9-11-4-3-7-21-11/h3-9H,1-2H3/b14-9+. The smallest absolute Gasteiger partial charge is 0.271 e. The highest BCUT2D eigenvalue weighted by atomic mass is 32.2. The van der Waals surface area contributed by atoms with Gasteiger partial charge in [-0.1, -0.05) is 24.0 Å². The van der Waals surface area contributed by atoms with Gasteiger partial charge in [0.25, 0.3) is 5.91 Å². The molecular weight excluding hydrogens is 334 g/mol. The van der Waals surface area contributed by atoms with Crippen molar-refractivity contribution in [1.29, 1.82) is 0 Å². The molecule has 0 unspecified atom stereocenters. The fourth-order valence-electron chi connectivity index (χ4n) is 2.15. The van der Waals surface area contributed by atoms with E-state index in [0.717, 1.165) is 0 Å². The second kappa shape index (κ2) is 6.47. The van der Waals surface area contributed by atoms with Crippen LogP contribution < -0.4 is 14.4 Å². The van der Waals surface area contributed by atoms with Crippen molar-refractivity contribution in [2.75, 3.05) is 19.1 Å². The van der Waals surface area contributed by atoms with Crippen LogP contribution in [0.25, 0.3) is 6.08 Å². The minimum Gasteiger partial charge on any atom is -0.497 e. The van der Waals surface area contributed by atoms with E-state index in [2.05, 4.69) is 0 Å². The molecule has 1 aliphatic heterocycles. The number of hydrogen-bond donors (Lipinski definition) is 0. The number of nitrogens with zero attached hydrogens (tertiary/aromatic N) is 1. The number of ether oxygens (including phenoxy) is 2.